The van der Waals surface area contributed by atoms with Crippen molar-refractivity contribution in [3.8, 4) is 0 Å². The van der Waals surface area contributed by atoms with Gasteiger partial charge in [-0.3, -0.25) is 0 Å². The SMILES string of the molecule is Cc1cc2c(cc1C)[n+](=O)c(C(=O)OCc1ccccc1)c(C)n2[O-]. The van der Waals surface area contributed by atoms with Gasteiger partial charge in [0.1, 0.15) is 12.1 Å². The molecule has 0 spiro atoms. The summed E-state index contributed by atoms with van der Waals surface area (Å²) in [5.41, 5.74) is 2.67. The molecule has 6 nitrogen and oxygen atoms in total. The van der Waals surface area contributed by atoms with Crippen molar-refractivity contribution >= 4 is 17.0 Å². The van der Waals surface area contributed by atoms with E-state index in [1.807, 2.05) is 44.2 Å². The number of benzene rings is 2. The lowest BCUT2D eigenvalue weighted by Crippen LogP contribution is -2.31. The number of nitrogens with zero attached hydrogens (tertiary/aromatic N) is 2. The summed E-state index contributed by atoms with van der Waals surface area (Å²) in [6, 6.07) is 12.4. The number of carbonyl (C=O) groups is 1. The summed E-state index contributed by atoms with van der Waals surface area (Å²) in [6.45, 7) is 5.18. The van der Waals surface area contributed by atoms with Crippen molar-refractivity contribution in [3.63, 3.8) is 0 Å². The molecule has 3 aromatic rings. The standard InChI is InChI=1S/C19H18N2O4/c1-12-9-16-17(10-13(12)2)21(24)18(14(3)20(16)23)19(22)25-11-15-7-5-4-6-8-15/h4-10H,11H2,1-3H3. The quantitative estimate of drug-likeness (QED) is 0.543. The molecule has 0 amide bonds. The van der Waals surface area contributed by atoms with Gasteiger partial charge >= 0.3 is 11.7 Å². The van der Waals surface area contributed by atoms with Crippen LogP contribution in [-0.2, 0) is 11.3 Å². The van der Waals surface area contributed by atoms with E-state index in [9.17, 15) is 14.9 Å². The van der Waals surface area contributed by atoms with E-state index in [1.165, 1.54) is 6.92 Å². The molecule has 0 radical (unpaired) electrons. The van der Waals surface area contributed by atoms with E-state index in [0.717, 1.165) is 16.7 Å². The number of hydrogen-bond acceptors (Lipinski definition) is 4. The molecule has 25 heavy (non-hydrogen) atoms. The van der Waals surface area contributed by atoms with Crippen molar-refractivity contribution in [1.29, 1.82) is 0 Å². The van der Waals surface area contributed by atoms with Gasteiger partial charge in [0.05, 0.1) is 10.1 Å². The molecule has 128 valence electrons. The first-order valence-electron chi connectivity index (χ1n) is 7.88. The Morgan fingerprint density at radius 3 is 2.44 bits per heavy atom. The Morgan fingerprint density at radius 1 is 1.12 bits per heavy atom. The monoisotopic (exact) mass is 338 g/mol. The van der Waals surface area contributed by atoms with Crippen LogP contribution in [0.3, 0.4) is 0 Å². The summed E-state index contributed by atoms with van der Waals surface area (Å²) in [6.07, 6.45) is 0. The Labute approximate surface area is 144 Å². The Morgan fingerprint density at radius 2 is 1.76 bits per heavy atom. The fourth-order valence-electron chi connectivity index (χ4n) is 2.68. The van der Waals surface area contributed by atoms with E-state index in [-0.39, 0.29) is 29.0 Å². The summed E-state index contributed by atoms with van der Waals surface area (Å²) in [4.78, 5) is 25.1. The molecule has 3 rings (SSSR count). The van der Waals surface area contributed by atoms with E-state index in [1.54, 1.807) is 12.1 Å². The molecule has 6 heteroatoms. The second-order valence-corrected chi connectivity index (χ2v) is 6.01. The highest BCUT2D eigenvalue weighted by atomic mass is 16.5. The Hall–Kier alpha value is -3.15. The summed E-state index contributed by atoms with van der Waals surface area (Å²) in [5.74, 6) is -0.818. The zero-order valence-corrected chi connectivity index (χ0v) is 14.3. The van der Waals surface area contributed by atoms with Crippen LogP contribution in [-0.4, -0.2) is 10.7 Å². The predicted molar refractivity (Wildman–Crippen MR) is 93.8 cm³/mol. The summed E-state index contributed by atoms with van der Waals surface area (Å²) in [7, 11) is 0. The molecular formula is C19H18N2O4. The van der Waals surface area contributed by atoms with Crippen molar-refractivity contribution in [2.24, 2.45) is 0 Å². The zero-order valence-electron chi connectivity index (χ0n) is 14.3. The van der Waals surface area contributed by atoms with Crippen LogP contribution < -0.4 is 4.43 Å². The van der Waals surface area contributed by atoms with Crippen LogP contribution in [0.15, 0.2) is 42.5 Å². The normalized spacial score (nSPS) is 10.8. The van der Waals surface area contributed by atoms with Crippen LogP contribution in [0.25, 0.3) is 11.0 Å². The minimum atomic E-state index is -0.818. The summed E-state index contributed by atoms with van der Waals surface area (Å²) in [5, 5.41) is 12.5. The van der Waals surface area contributed by atoms with Gasteiger partial charge in [0, 0.05) is 11.0 Å². The second kappa shape index (κ2) is 6.39. The maximum absolute atomic E-state index is 12.7. The molecule has 0 atom stereocenters. The molecule has 0 aliphatic rings. The fourth-order valence-corrected chi connectivity index (χ4v) is 2.68. The zero-order chi connectivity index (χ0) is 18.1. The lowest BCUT2D eigenvalue weighted by molar-refractivity contribution is -0.469. The van der Waals surface area contributed by atoms with Crippen molar-refractivity contribution < 1.29 is 14.0 Å². The van der Waals surface area contributed by atoms with E-state index >= 15 is 0 Å². The minimum absolute atomic E-state index is 0.0174. The second-order valence-electron chi connectivity index (χ2n) is 6.01. The maximum atomic E-state index is 12.7. The van der Waals surface area contributed by atoms with Gasteiger partial charge in [-0.15, -0.1) is 0 Å². The molecular weight excluding hydrogens is 320 g/mol. The molecule has 1 aromatic heterocycles. The van der Waals surface area contributed by atoms with E-state index in [0.29, 0.717) is 9.16 Å². The summed E-state index contributed by atoms with van der Waals surface area (Å²) < 4.78 is 6.31. The molecule has 1 heterocycles. The number of hydrogen-bond donors (Lipinski definition) is 0. The third kappa shape index (κ3) is 2.98. The molecule has 0 fully saturated rings. The Bertz CT molecular complexity index is 1020. The van der Waals surface area contributed by atoms with Gasteiger partial charge in [-0.25, -0.2) is 4.79 Å². The average Bonchev–Trinajstić information content (AvgIpc) is 2.61. The molecule has 0 saturated carbocycles. The molecule has 2 aromatic carbocycles. The van der Waals surface area contributed by atoms with Gasteiger partial charge in [0.2, 0.25) is 0 Å². The highest BCUT2D eigenvalue weighted by Crippen LogP contribution is 2.19. The average molecular weight is 338 g/mol. The van der Waals surface area contributed by atoms with E-state index < -0.39 is 5.97 Å². The molecule has 0 N–H and O–H groups in total. The van der Waals surface area contributed by atoms with Gasteiger partial charge in [-0.05, 0) is 43.5 Å². The van der Waals surface area contributed by atoms with E-state index in [4.69, 9.17) is 4.74 Å². The number of fused-ring (bicyclic) bond motifs is 1. The number of aromatic nitrogens is 2. The van der Waals surface area contributed by atoms with Crippen LogP contribution in [0.4, 0.5) is 0 Å². The first-order chi connectivity index (χ1) is 11.9. The van der Waals surface area contributed by atoms with Crippen LogP contribution >= 0.6 is 0 Å². The number of carbonyl (C=O) groups excluding carboxylic acids is 1. The van der Waals surface area contributed by atoms with Gasteiger partial charge in [-0.2, -0.15) is 0 Å². The lowest BCUT2D eigenvalue weighted by atomic mass is 10.1. The lowest BCUT2D eigenvalue weighted by Gasteiger charge is -2.17. The molecule has 0 unspecified atom stereocenters. The van der Waals surface area contributed by atoms with Crippen molar-refractivity contribution in [2.45, 2.75) is 27.4 Å². The highest BCUT2D eigenvalue weighted by Gasteiger charge is 2.28. The van der Waals surface area contributed by atoms with Crippen LogP contribution in [0.5, 0.6) is 0 Å². The Kier molecular flexibility index (Phi) is 4.27. The highest BCUT2D eigenvalue weighted by molar-refractivity contribution is 5.88. The summed E-state index contributed by atoms with van der Waals surface area (Å²) >= 11 is 0. The van der Waals surface area contributed by atoms with Crippen LogP contribution in [0.2, 0.25) is 0 Å². The van der Waals surface area contributed by atoms with Crippen LogP contribution in [0.1, 0.15) is 32.9 Å². The van der Waals surface area contributed by atoms with Crippen molar-refractivity contribution in [1.82, 2.24) is 4.73 Å². The maximum Gasteiger partial charge on any atom is 0.411 e. The van der Waals surface area contributed by atoms with Gasteiger partial charge < -0.3 is 14.7 Å². The number of rotatable bonds is 3. The number of ether oxygens (including phenoxy) is 1. The number of esters is 1. The van der Waals surface area contributed by atoms with Crippen LogP contribution in [0, 0.1) is 30.9 Å². The molecule has 0 aliphatic carbocycles. The first-order valence-corrected chi connectivity index (χ1v) is 7.88. The largest absolute Gasteiger partial charge is 0.805 e. The Balaban J connectivity index is 2.05. The van der Waals surface area contributed by atoms with Crippen molar-refractivity contribution in [3.05, 3.63) is 80.7 Å². The number of aryl methyl sites for hydroxylation is 2. The van der Waals surface area contributed by atoms with Gasteiger partial charge in [0.15, 0.2) is 0 Å². The predicted octanol–water partition coefficient (Wildman–Crippen LogP) is 3.18. The van der Waals surface area contributed by atoms with Gasteiger partial charge in [-0.1, -0.05) is 30.3 Å². The third-order valence-corrected chi connectivity index (χ3v) is 4.29. The minimum Gasteiger partial charge on any atom is -0.805 e. The smallest absolute Gasteiger partial charge is 0.411 e. The van der Waals surface area contributed by atoms with Crippen molar-refractivity contribution in [2.75, 3.05) is 0 Å². The fraction of sp³-hybridized carbons (Fsp3) is 0.211. The topological polar surface area (TPSA) is 77.3 Å². The first kappa shape index (κ1) is 16.7. The van der Waals surface area contributed by atoms with E-state index in [2.05, 4.69) is 0 Å². The third-order valence-electron chi connectivity index (χ3n) is 4.29. The molecule has 0 bridgehead atoms. The molecule has 0 aliphatic heterocycles. The molecule has 0 saturated heterocycles. The van der Waals surface area contributed by atoms with Gasteiger partial charge in [0.25, 0.3) is 5.52 Å².